The van der Waals surface area contributed by atoms with Gasteiger partial charge >= 0.3 is 0 Å². The Hall–Kier alpha value is 0.0400. The summed E-state index contributed by atoms with van der Waals surface area (Å²) in [6.07, 6.45) is 0. The van der Waals surface area contributed by atoms with Crippen LogP contribution in [-0.4, -0.2) is 11.8 Å². The van der Waals surface area contributed by atoms with E-state index < -0.39 is 14.7 Å². The predicted molar refractivity (Wildman–Crippen MR) is 16.9 cm³/mol. The molecule has 0 amide bonds. The summed E-state index contributed by atoms with van der Waals surface area (Å²) in [4.78, 5) is 16.9. The van der Waals surface area contributed by atoms with Crippen LogP contribution in [0.2, 0.25) is 0 Å². The number of alkyl halides is 1. The third-order valence-electron chi connectivity index (χ3n) is 0.212. The fraction of sp³-hybridized carbons (Fsp3) is 1.00. The molecule has 0 aromatic heterocycles. The summed E-state index contributed by atoms with van der Waals surface area (Å²) in [5.74, 6) is 0. The number of phosphoric ester groups is 1. The van der Waals surface area contributed by atoms with E-state index in [1.807, 2.05) is 0 Å². The van der Waals surface area contributed by atoms with Gasteiger partial charge in [-0.1, -0.05) is 0 Å². The van der Waals surface area contributed by atoms with Gasteiger partial charge in [0.25, 0.3) is 7.82 Å². The summed E-state index contributed by atoms with van der Waals surface area (Å²) in [5.41, 5.74) is 0. The predicted octanol–water partition coefficient (Wildman–Crippen LogP) is -0.609. The monoisotopic (exact) mass is 129 g/mol. The molecule has 44 valence electrons. The summed E-state index contributed by atoms with van der Waals surface area (Å²) in [7, 11) is -4.79. The van der Waals surface area contributed by atoms with E-state index in [1.54, 1.807) is 0 Å². The minimum Gasteiger partial charge on any atom is -0.756 e. The summed E-state index contributed by atoms with van der Waals surface area (Å²) in [6, 6.07) is 0. The number of hydrogen-bond donors (Lipinski definition) is 1. The first-order chi connectivity index (χ1) is 3.06. The Morgan fingerprint density at radius 2 is 2.43 bits per heavy atom. The molecule has 4 nitrogen and oxygen atoms in total. The van der Waals surface area contributed by atoms with Crippen LogP contribution in [0, 0.1) is 0 Å². The summed E-state index contributed by atoms with van der Waals surface area (Å²) < 4.78 is 23.2. The van der Waals surface area contributed by atoms with Crippen LogP contribution >= 0.6 is 7.82 Å². The van der Waals surface area contributed by atoms with Crippen molar-refractivity contribution in [3.8, 4) is 0 Å². The maximum absolute atomic E-state index is 10.7. The van der Waals surface area contributed by atoms with Gasteiger partial charge in [0.05, 0.1) is 0 Å². The Morgan fingerprint density at radius 3 is 2.43 bits per heavy atom. The highest BCUT2D eigenvalue weighted by Gasteiger charge is 1.97. The first-order valence-corrected chi connectivity index (χ1v) is 2.80. The molecule has 0 aliphatic carbocycles. The van der Waals surface area contributed by atoms with Gasteiger partial charge < -0.3 is 9.79 Å². The van der Waals surface area contributed by atoms with Crippen molar-refractivity contribution < 1.29 is 23.3 Å². The molecule has 0 aromatic rings. The van der Waals surface area contributed by atoms with Gasteiger partial charge in [-0.3, -0.25) is 9.09 Å². The molecule has 1 N–H and O–H groups in total. The van der Waals surface area contributed by atoms with Crippen molar-refractivity contribution in [2.24, 2.45) is 0 Å². The second kappa shape index (κ2) is 2.37. The van der Waals surface area contributed by atoms with Gasteiger partial charge in [0.2, 0.25) is 0 Å². The minimum absolute atomic E-state index is 1.52. The number of rotatable bonds is 2. The number of phosphoric acid groups is 1. The fourth-order valence-electron chi connectivity index (χ4n) is 0.0617. The molecule has 7 heavy (non-hydrogen) atoms. The highest BCUT2D eigenvalue weighted by atomic mass is 31.2. The van der Waals surface area contributed by atoms with Gasteiger partial charge in [0.15, 0.2) is 6.86 Å². The van der Waals surface area contributed by atoms with Crippen LogP contribution in [0.1, 0.15) is 0 Å². The Bertz CT molecular complexity index is 85.7. The van der Waals surface area contributed by atoms with Crippen LogP contribution in [0.25, 0.3) is 0 Å². The van der Waals surface area contributed by atoms with Crippen LogP contribution in [-0.2, 0) is 9.09 Å². The smallest absolute Gasteiger partial charge is 0.267 e. The molecular weight excluding hydrogens is 126 g/mol. The Morgan fingerprint density at radius 1 is 2.00 bits per heavy atom. The normalized spacial score (nSPS) is 18.7. The molecule has 0 heterocycles. The number of halogens is 1. The van der Waals surface area contributed by atoms with Crippen LogP contribution in [0.5, 0.6) is 0 Å². The van der Waals surface area contributed by atoms with E-state index in [1.165, 1.54) is 0 Å². The third kappa shape index (κ3) is 6.04. The molecule has 0 fully saturated rings. The molecule has 0 saturated heterocycles. The van der Waals surface area contributed by atoms with E-state index >= 15 is 0 Å². The summed E-state index contributed by atoms with van der Waals surface area (Å²) in [6.45, 7) is -1.52. The van der Waals surface area contributed by atoms with Gasteiger partial charge in [0, 0.05) is 0 Å². The molecule has 1 atom stereocenters. The van der Waals surface area contributed by atoms with Crippen LogP contribution in [0.3, 0.4) is 0 Å². The maximum Gasteiger partial charge on any atom is 0.267 e. The number of hydrogen-bond acceptors (Lipinski definition) is 3. The van der Waals surface area contributed by atoms with E-state index in [4.69, 9.17) is 4.89 Å². The molecular formula is CH3FO4P-. The van der Waals surface area contributed by atoms with Crippen LogP contribution in [0.4, 0.5) is 4.39 Å². The first-order valence-electron chi connectivity index (χ1n) is 1.30. The van der Waals surface area contributed by atoms with Crippen LogP contribution in [0.15, 0.2) is 0 Å². The zero-order valence-electron chi connectivity index (χ0n) is 3.20. The van der Waals surface area contributed by atoms with Crippen molar-refractivity contribution in [2.75, 3.05) is 6.86 Å². The average Bonchev–Trinajstić information content (AvgIpc) is 1.30. The second-order valence-corrected chi connectivity index (χ2v) is 1.90. The van der Waals surface area contributed by atoms with Crippen molar-refractivity contribution >= 4 is 7.82 Å². The Labute approximate surface area is 39.2 Å². The van der Waals surface area contributed by atoms with Gasteiger partial charge in [-0.05, 0) is 0 Å². The summed E-state index contributed by atoms with van der Waals surface area (Å²) >= 11 is 0. The molecule has 1 unspecified atom stereocenters. The Kier molecular flexibility index (Phi) is 2.39. The molecule has 0 saturated carbocycles. The molecule has 0 aliphatic rings. The lowest BCUT2D eigenvalue weighted by Gasteiger charge is -2.11. The van der Waals surface area contributed by atoms with Crippen molar-refractivity contribution in [1.29, 1.82) is 0 Å². The van der Waals surface area contributed by atoms with E-state index in [-0.39, 0.29) is 0 Å². The first kappa shape index (κ1) is 7.04. The second-order valence-electron chi connectivity index (χ2n) is 0.707. The third-order valence-corrected chi connectivity index (χ3v) is 0.636. The van der Waals surface area contributed by atoms with E-state index in [2.05, 4.69) is 4.52 Å². The van der Waals surface area contributed by atoms with E-state index in [0.717, 1.165) is 0 Å². The van der Waals surface area contributed by atoms with Crippen molar-refractivity contribution in [3.63, 3.8) is 0 Å². The summed E-state index contributed by atoms with van der Waals surface area (Å²) in [5, 5.41) is 0. The van der Waals surface area contributed by atoms with Crippen molar-refractivity contribution in [3.05, 3.63) is 0 Å². The van der Waals surface area contributed by atoms with Crippen molar-refractivity contribution in [2.45, 2.75) is 0 Å². The molecule has 0 rings (SSSR count). The van der Waals surface area contributed by atoms with Crippen molar-refractivity contribution in [1.82, 2.24) is 0 Å². The highest BCUT2D eigenvalue weighted by molar-refractivity contribution is 7.44. The van der Waals surface area contributed by atoms with E-state index in [9.17, 15) is 13.8 Å². The van der Waals surface area contributed by atoms with Gasteiger partial charge in [-0.15, -0.1) is 0 Å². The SMILES string of the molecule is O=P([O-])(O)OCF. The molecule has 0 spiro atoms. The Balaban J connectivity index is 3.36. The standard InChI is InChI=1S/CH4FO4P/c2-1-6-7(3,4)5/h1H2,(H2,3,4,5)/p-1. The van der Waals surface area contributed by atoms with Gasteiger partial charge in [-0.2, -0.15) is 0 Å². The van der Waals surface area contributed by atoms with Gasteiger partial charge in [-0.25, -0.2) is 4.39 Å². The fourth-order valence-corrected chi connectivity index (χ4v) is 0.185. The lowest BCUT2D eigenvalue weighted by Crippen LogP contribution is -2.01. The van der Waals surface area contributed by atoms with Gasteiger partial charge in [0.1, 0.15) is 0 Å². The lowest BCUT2D eigenvalue weighted by molar-refractivity contribution is -0.222. The lowest BCUT2D eigenvalue weighted by atomic mass is 11.6. The molecule has 0 bridgehead atoms. The van der Waals surface area contributed by atoms with E-state index in [0.29, 0.717) is 0 Å². The molecule has 0 aliphatic heterocycles. The largest absolute Gasteiger partial charge is 0.756 e. The topological polar surface area (TPSA) is 69.6 Å². The molecule has 0 radical (unpaired) electrons. The highest BCUT2D eigenvalue weighted by Crippen LogP contribution is 2.29. The zero-order chi connectivity index (χ0) is 5.91. The average molecular weight is 129 g/mol. The van der Waals surface area contributed by atoms with Crippen LogP contribution < -0.4 is 4.89 Å². The maximum atomic E-state index is 10.7. The zero-order valence-corrected chi connectivity index (χ0v) is 4.10. The quantitative estimate of drug-likeness (QED) is 0.505. The molecule has 6 heteroatoms. The minimum atomic E-state index is -4.79. The molecule has 0 aromatic carbocycles.